The summed E-state index contributed by atoms with van der Waals surface area (Å²) >= 11 is 0. The van der Waals surface area contributed by atoms with Crippen LogP contribution in [0.25, 0.3) is 0 Å². The van der Waals surface area contributed by atoms with E-state index in [1.165, 1.54) is 31.4 Å². The summed E-state index contributed by atoms with van der Waals surface area (Å²) in [6.07, 6.45) is 23.6. The fraction of sp³-hybridized carbons (Fsp3) is 0.702. The summed E-state index contributed by atoms with van der Waals surface area (Å²) in [5.74, 6) is 15.7. The molecule has 8 unspecified atom stereocenters. The van der Waals surface area contributed by atoms with Crippen molar-refractivity contribution in [3.05, 3.63) is 24.3 Å². The Morgan fingerprint density at radius 2 is 1.12 bits per heavy atom. The van der Waals surface area contributed by atoms with Crippen molar-refractivity contribution in [2.45, 2.75) is 209 Å². The first-order valence-corrected chi connectivity index (χ1v) is 21.3. The lowest BCUT2D eigenvalue weighted by molar-refractivity contribution is -0.130. The van der Waals surface area contributed by atoms with Crippen LogP contribution in [0.5, 0.6) is 0 Å². The highest BCUT2D eigenvalue weighted by molar-refractivity contribution is 5.86. The molecule has 0 saturated carbocycles. The lowest BCUT2D eigenvalue weighted by atomic mass is 10.0. The van der Waals surface area contributed by atoms with Gasteiger partial charge in [-0.1, -0.05) is 124 Å². The minimum atomic E-state index is -1.59. The summed E-state index contributed by atoms with van der Waals surface area (Å²) in [5, 5.41) is 87.1. The molecule has 0 heterocycles. The van der Waals surface area contributed by atoms with Crippen LogP contribution in [-0.4, -0.2) is 107 Å². The number of hydrogen-bond donors (Lipinski definition) is 9. The Hall–Kier alpha value is -3.46. The SMILES string of the molecule is C#CC(O)C=CC(O)CCCC(O)CC#CC(O)C#CCCCC(O)C=CCCCCCC(=O)CCCCCCCCCCCCCC(O)C(O)C(O)C#CC(=O)O. The normalized spacial score (nSPS) is 15.4. The minimum absolute atomic E-state index is 0.186. The van der Waals surface area contributed by atoms with Gasteiger partial charge in [0.1, 0.15) is 24.1 Å². The summed E-state index contributed by atoms with van der Waals surface area (Å²) in [7, 11) is 0. The van der Waals surface area contributed by atoms with E-state index < -0.39 is 54.8 Å². The van der Waals surface area contributed by atoms with E-state index in [9.17, 15) is 50.4 Å². The van der Waals surface area contributed by atoms with Crippen LogP contribution in [0.2, 0.25) is 0 Å². The standard InChI is InChI=1S/C47H72O11/c1-2-38(48)34-35-43(53)32-23-31-42(52)30-22-29-41(51)28-20-15-19-27-40(50)26-18-13-10-12-17-25-39(49)24-16-11-8-6-4-3-5-7-9-14-21-33-44(54)47(58)45(55)36-37-46(56)57/h1,18,26,34-35,38,40-45,47-48,50-55,58H,3-17,19,21,23-25,27,30-33H2,(H,56,57). The number of carboxylic acids is 1. The van der Waals surface area contributed by atoms with Gasteiger partial charge in [-0.05, 0) is 70.3 Å². The second-order valence-corrected chi connectivity index (χ2v) is 14.9. The van der Waals surface area contributed by atoms with E-state index in [0.29, 0.717) is 70.0 Å². The summed E-state index contributed by atoms with van der Waals surface area (Å²) in [5.41, 5.74) is 0. The van der Waals surface area contributed by atoms with Gasteiger partial charge in [-0.3, -0.25) is 4.79 Å². The predicted molar refractivity (Wildman–Crippen MR) is 227 cm³/mol. The van der Waals surface area contributed by atoms with E-state index in [2.05, 4.69) is 29.6 Å². The van der Waals surface area contributed by atoms with Crippen LogP contribution in [0.4, 0.5) is 0 Å². The second kappa shape index (κ2) is 37.8. The van der Waals surface area contributed by atoms with E-state index in [0.717, 1.165) is 70.6 Å². The summed E-state index contributed by atoms with van der Waals surface area (Å²) in [6, 6.07) is 0. The van der Waals surface area contributed by atoms with Crippen molar-refractivity contribution in [1.82, 2.24) is 0 Å². The topological polar surface area (TPSA) is 216 Å². The molecular weight excluding hydrogens is 741 g/mol. The number of Topliss-reactive ketones (excluding diaryl/α,β-unsaturated/α-hetero) is 1. The maximum absolute atomic E-state index is 12.2. The summed E-state index contributed by atoms with van der Waals surface area (Å²) < 4.78 is 0. The van der Waals surface area contributed by atoms with E-state index in [-0.39, 0.29) is 6.42 Å². The molecule has 326 valence electrons. The molecule has 9 N–H and O–H groups in total. The third-order valence-corrected chi connectivity index (χ3v) is 9.53. The average Bonchev–Trinajstić information content (AvgIpc) is 3.19. The molecule has 8 atom stereocenters. The Labute approximate surface area is 348 Å². The fourth-order valence-electron chi connectivity index (χ4n) is 6.03. The van der Waals surface area contributed by atoms with Gasteiger partial charge in [-0.15, -0.1) is 6.42 Å². The Bertz CT molecular complexity index is 1370. The Kier molecular flexibility index (Phi) is 35.5. The molecule has 0 fully saturated rings. The van der Waals surface area contributed by atoms with Gasteiger partial charge in [0.15, 0.2) is 6.10 Å². The molecule has 0 spiro atoms. The van der Waals surface area contributed by atoms with Gasteiger partial charge in [0.2, 0.25) is 0 Å². The zero-order valence-electron chi connectivity index (χ0n) is 34.5. The van der Waals surface area contributed by atoms with Crippen LogP contribution < -0.4 is 0 Å². The highest BCUT2D eigenvalue weighted by Crippen LogP contribution is 2.16. The molecule has 0 amide bonds. The quantitative estimate of drug-likeness (QED) is 0.0243. The molecule has 58 heavy (non-hydrogen) atoms. The number of carboxylic acid groups (broad SMARTS) is 1. The lowest BCUT2D eigenvalue weighted by Gasteiger charge is -2.19. The van der Waals surface area contributed by atoms with Gasteiger partial charge >= 0.3 is 5.97 Å². The Morgan fingerprint density at radius 3 is 1.74 bits per heavy atom. The van der Waals surface area contributed by atoms with E-state index in [1.807, 2.05) is 12.0 Å². The highest BCUT2D eigenvalue weighted by atomic mass is 16.4. The van der Waals surface area contributed by atoms with Crippen LogP contribution in [0, 0.1) is 47.9 Å². The van der Waals surface area contributed by atoms with Crippen LogP contribution in [-0.2, 0) is 9.59 Å². The number of hydrogen-bond acceptors (Lipinski definition) is 10. The van der Waals surface area contributed by atoms with Gasteiger partial charge in [0, 0.05) is 31.6 Å². The Balaban J connectivity index is 3.71. The van der Waals surface area contributed by atoms with Crippen LogP contribution in [0.15, 0.2) is 24.3 Å². The minimum Gasteiger partial charge on any atom is -0.472 e. The predicted octanol–water partition coefficient (Wildman–Crippen LogP) is 5.04. The maximum atomic E-state index is 12.2. The van der Waals surface area contributed by atoms with Crippen molar-refractivity contribution in [1.29, 1.82) is 0 Å². The number of aliphatic hydroxyl groups is 8. The molecule has 11 nitrogen and oxygen atoms in total. The summed E-state index contributed by atoms with van der Waals surface area (Å²) in [4.78, 5) is 22.6. The number of aliphatic carboxylic acids is 1. The zero-order chi connectivity index (χ0) is 43.2. The third-order valence-electron chi connectivity index (χ3n) is 9.53. The molecule has 0 aromatic heterocycles. The molecule has 0 radical (unpaired) electrons. The average molecular weight is 813 g/mol. The molecule has 0 aromatic rings. The van der Waals surface area contributed by atoms with Gasteiger partial charge < -0.3 is 46.0 Å². The van der Waals surface area contributed by atoms with Crippen LogP contribution in [0.3, 0.4) is 0 Å². The van der Waals surface area contributed by atoms with Crippen LogP contribution in [0.1, 0.15) is 161 Å². The van der Waals surface area contributed by atoms with Gasteiger partial charge in [0.25, 0.3) is 0 Å². The van der Waals surface area contributed by atoms with Crippen LogP contribution >= 0.6 is 0 Å². The van der Waals surface area contributed by atoms with Crippen molar-refractivity contribution in [3.8, 4) is 47.9 Å². The van der Waals surface area contributed by atoms with Gasteiger partial charge in [0.05, 0.1) is 24.4 Å². The first kappa shape index (κ1) is 54.5. The first-order chi connectivity index (χ1) is 27.8. The fourth-order valence-corrected chi connectivity index (χ4v) is 6.03. The van der Waals surface area contributed by atoms with Gasteiger partial charge in [-0.2, -0.15) is 0 Å². The summed E-state index contributed by atoms with van der Waals surface area (Å²) in [6.45, 7) is 0. The van der Waals surface area contributed by atoms with Crippen molar-refractivity contribution in [2.75, 3.05) is 0 Å². The molecule has 0 aliphatic carbocycles. The number of aliphatic hydroxyl groups excluding tert-OH is 8. The molecule has 11 heteroatoms. The van der Waals surface area contributed by atoms with Crippen molar-refractivity contribution >= 4 is 11.8 Å². The molecule has 0 aliphatic rings. The number of unbranched alkanes of at least 4 members (excludes halogenated alkanes) is 14. The molecular formula is C47H72O11. The first-order valence-electron chi connectivity index (χ1n) is 21.3. The second-order valence-electron chi connectivity index (χ2n) is 14.9. The number of carbonyl (C=O) groups is 2. The Morgan fingerprint density at radius 1 is 0.569 bits per heavy atom. The molecule has 0 bridgehead atoms. The molecule has 0 saturated heterocycles. The van der Waals surface area contributed by atoms with Crippen molar-refractivity contribution < 1.29 is 55.5 Å². The maximum Gasteiger partial charge on any atom is 0.381 e. The largest absolute Gasteiger partial charge is 0.472 e. The number of rotatable bonds is 33. The monoisotopic (exact) mass is 813 g/mol. The number of ketones is 1. The smallest absolute Gasteiger partial charge is 0.381 e. The number of terminal acetylenes is 1. The third kappa shape index (κ3) is 35.7. The highest BCUT2D eigenvalue weighted by Gasteiger charge is 2.22. The molecule has 0 rings (SSSR count). The van der Waals surface area contributed by atoms with Crippen molar-refractivity contribution in [2.24, 2.45) is 0 Å². The van der Waals surface area contributed by atoms with Crippen molar-refractivity contribution in [3.63, 3.8) is 0 Å². The number of allylic oxidation sites excluding steroid dienone is 1. The zero-order valence-corrected chi connectivity index (χ0v) is 34.5. The molecule has 0 aliphatic heterocycles. The van der Waals surface area contributed by atoms with E-state index in [4.69, 9.17) is 11.5 Å². The number of carbonyl (C=O) groups excluding carboxylic acids is 1. The van der Waals surface area contributed by atoms with Gasteiger partial charge in [-0.25, -0.2) is 4.79 Å². The van der Waals surface area contributed by atoms with E-state index >= 15 is 0 Å². The lowest BCUT2D eigenvalue weighted by Crippen LogP contribution is -2.36. The van der Waals surface area contributed by atoms with E-state index in [1.54, 1.807) is 12.0 Å². The molecule has 0 aromatic carbocycles.